The lowest BCUT2D eigenvalue weighted by Gasteiger charge is -2.14. The van der Waals surface area contributed by atoms with Gasteiger partial charge in [-0.2, -0.15) is 0 Å². The first-order chi connectivity index (χ1) is 8.29. The average Bonchev–Trinajstić information content (AvgIpc) is 2.83. The second kappa shape index (κ2) is 5.82. The van der Waals surface area contributed by atoms with E-state index in [4.69, 9.17) is 0 Å². The van der Waals surface area contributed by atoms with Crippen LogP contribution in [0, 0.1) is 0 Å². The van der Waals surface area contributed by atoms with Crippen molar-refractivity contribution in [3.63, 3.8) is 0 Å². The number of thiazole rings is 1. The number of nitrogens with zero attached hydrogens (tertiary/aromatic N) is 1. The third-order valence-corrected chi connectivity index (χ3v) is 3.50. The molecule has 1 N–H and O–H groups in total. The summed E-state index contributed by atoms with van der Waals surface area (Å²) in [4.78, 5) is 4.33. The zero-order valence-electron chi connectivity index (χ0n) is 10.3. The molecule has 3 heteroatoms. The lowest BCUT2D eigenvalue weighted by molar-refractivity contribution is 0.690. The molecule has 0 amide bonds. The lowest BCUT2D eigenvalue weighted by atomic mass is 10.1. The number of nitrogens with one attached hydrogen (secondary N) is 1. The Morgan fingerprint density at radius 2 is 2.29 bits per heavy atom. The molecule has 0 radical (unpaired) electrons. The number of aromatic nitrogens is 1. The van der Waals surface area contributed by atoms with Gasteiger partial charge < -0.3 is 5.32 Å². The van der Waals surface area contributed by atoms with Crippen molar-refractivity contribution in [2.75, 3.05) is 5.32 Å². The van der Waals surface area contributed by atoms with Crippen molar-refractivity contribution >= 4 is 17.0 Å². The number of hydrogen-bond acceptors (Lipinski definition) is 3. The van der Waals surface area contributed by atoms with Crippen LogP contribution >= 0.6 is 11.3 Å². The second-order valence-electron chi connectivity index (χ2n) is 4.25. The molecule has 1 aromatic heterocycles. The molecule has 0 bridgehead atoms. The van der Waals surface area contributed by atoms with E-state index in [2.05, 4.69) is 48.4 Å². The number of benzene rings is 1. The van der Waals surface area contributed by atoms with Crippen LogP contribution in [0.2, 0.25) is 0 Å². The van der Waals surface area contributed by atoms with Gasteiger partial charge in [-0.1, -0.05) is 25.5 Å². The highest BCUT2D eigenvalue weighted by atomic mass is 32.1. The summed E-state index contributed by atoms with van der Waals surface area (Å²) < 4.78 is 0. The molecule has 1 atom stereocenters. The van der Waals surface area contributed by atoms with Gasteiger partial charge >= 0.3 is 0 Å². The molecule has 90 valence electrons. The van der Waals surface area contributed by atoms with Gasteiger partial charge in [0.2, 0.25) is 0 Å². The summed E-state index contributed by atoms with van der Waals surface area (Å²) in [6, 6.07) is 8.99. The Balaban J connectivity index is 2.12. The number of anilines is 1. The standard InChI is InChI=1S/C14H18N2S/c1-3-5-11(2)16-13-7-4-6-12(10-13)14-15-8-9-17-14/h4,6-11,16H,3,5H2,1-2H3. The van der Waals surface area contributed by atoms with Crippen LogP contribution in [0.15, 0.2) is 35.8 Å². The van der Waals surface area contributed by atoms with Gasteiger partial charge in [-0.25, -0.2) is 4.98 Å². The Hall–Kier alpha value is -1.35. The smallest absolute Gasteiger partial charge is 0.123 e. The van der Waals surface area contributed by atoms with Crippen molar-refractivity contribution in [2.24, 2.45) is 0 Å². The summed E-state index contributed by atoms with van der Waals surface area (Å²) in [5.41, 5.74) is 2.37. The first-order valence-corrected chi connectivity index (χ1v) is 6.94. The molecule has 0 aliphatic carbocycles. The third-order valence-electron chi connectivity index (χ3n) is 2.68. The first-order valence-electron chi connectivity index (χ1n) is 6.06. The van der Waals surface area contributed by atoms with Crippen LogP contribution in [0.3, 0.4) is 0 Å². The lowest BCUT2D eigenvalue weighted by Crippen LogP contribution is -2.14. The normalized spacial score (nSPS) is 12.4. The highest BCUT2D eigenvalue weighted by Crippen LogP contribution is 2.24. The molecule has 17 heavy (non-hydrogen) atoms. The quantitative estimate of drug-likeness (QED) is 0.845. The second-order valence-corrected chi connectivity index (χ2v) is 5.15. The predicted octanol–water partition coefficient (Wildman–Crippen LogP) is 4.41. The molecule has 2 nitrogen and oxygen atoms in total. The monoisotopic (exact) mass is 246 g/mol. The highest BCUT2D eigenvalue weighted by Gasteiger charge is 2.03. The van der Waals surface area contributed by atoms with Crippen LogP contribution in [-0.4, -0.2) is 11.0 Å². The summed E-state index contributed by atoms with van der Waals surface area (Å²) in [5, 5.41) is 6.61. The summed E-state index contributed by atoms with van der Waals surface area (Å²) in [6.45, 7) is 4.43. The van der Waals surface area contributed by atoms with Gasteiger partial charge in [0, 0.05) is 28.9 Å². The summed E-state index contributed by atoms with van der Waals surface area (Å²) in [5.74, 6) is 0. The van der Waals surface area contributed by atoms with E-state index < -0.39 is 0 Å². The minimum absolute atomic E-state index is 0.520. The average molecular weight is 246 g/mol. The molecule has 1 heterocycles. The Kier molecular flexibility index (Phi) is 4.15. The molecular weight excluding hydrogens is 228 g/mol. The molecule has 1 unspecified atom stereocenters. The fourth-order valence-electron chi connectivity index (χ4n) is 1.90. The molecule has 2 aromatic rings. The van der Waals surface area contributed by atoms with E-state index in [0.717, 1.165) is 5.01 Å². The molecule has 0 fully saturated rings. The van der Waals surface area contributed by atoms with Crippen LogP contribution in [-0.2, 0) is 0 Å². The Labute approximate surface area is 107 Å². The van der Waals surface area contributed by atoms with Gasteiger partial charge in [0.05, 0.1) is 0 Å². The molecule has 0 spiro atoms. The van der Waals surface area contributed by atoms with Crippen LogP contribution < -0.4 is 5.32 Å². The van der Waals surface area contributed by atoms with E-state index in [9.17, 15) is 0 Å². The molecule has 2 rings (SSSR count). The van der Waals surface area contributed by atoms with Crippen LogP contribution in [0.5, 0.6) is 0 Å². The third kappa shape index (κ3) is 3.30. The maximum absolute atomic E-state index is 4.33. The van der Waals surface area contributed by atoms with Gasteiger partial charge in [-0.3, -0.25) is 0 Å². The van der Waals surface area contributed by atoms with Crippen molar-refractivity contribution < 1.29 is 0 Å². The molecular formula is C14H18N2S. The van der Waals surface area contributed by atoms with Crippen LogP contribution in [0.1, 0.15) is 26.7 Å². The van der Waals surface area contributed by atoms with Crippen molar-refractivity contribution in [3.8, 4) is 10.6 Å². The van der Waals surface area contributed by atoms with E-state index in [-0.39, 0.29) is 0 Å². The van der Waals surface area contributed by atoms with E-state index in [0.29, 0.717) is 6.04 Å². The zero-order chi connectivity index (χ0) is 12.1. The fourth-order valence-corrected chi connectivity index (χ4v) is 2.53. The van der Waals surface area contributed by atoms with Crippen molar-refractivity contribution in [3.05, 3.63) is 35.8 Å². The van der Waals surface area contributed by atoms with E-state index in [1.54, 1.807) is 11.3 Å². The van der Waals surface area contributed by atoms with Gasteiger partial charge in [0.15, 0.2) is 0 Å². The largest absolute Gasteiger partial charge is 0.383 e. The van der Waals surface area contributed by atoms with E-state index in [1.807, 2.05) is 11.6 Å². The first kappa shape index (κ1) is 12.1. The predicted molar refractivity (Wildman–Crippen MR) is 75.5 cm³/mol. The minimum Gasteiger partial charge on any atom is -0.383 e. The van der Waals surface area contributed by atoms with Crippen molar-refractivity contribution in [2.45, 2.75) is 32.7 Å². The molecule has 0 saturated carbocycles. The highest BCUT2D eigenvalue weighted by molar-refractivity contribution is 7.13. The SMILES string of the molecule is CCCC(C)Nc1cccc(-c2nccs2)c1. The maximum Gasteiger partial charge on any atom is 0.123 e. The molecule has 0 aliphatic heterocycles. The summed E-state index contributed by atoms with van der Waals surface area (Å²) in [6.07, 6.45) is 4.25. The zero-order valence-corrected chi connectivity index (χ0v) is 11.1. The summed E-state index contributed by atoms with van der Waals surface area (Å²) in [7, 11) is 0. The Bertz CT molecular complexity index is 451. The summed E-state index contributed by atoms with van der Waals surface area (Å²) >= 11 is 1.67. The van der Waals surface area contributed by atoms with Crippen molar-refractivity contribution in [1.29, 1.82) is 0 Å². The Morgan fingerprint density at radius 1 is 1.41 bits per heavy atom. The van der Waals surface area contributed by atoms with Gasteiger partial charge in [0.1, 0.15) is 5.01 Å². The molecule has 0 aliphatic rings. The fraction of sp³-hybridized carbons (Fsp3) is 0.357. The van der Waals surface area contributed by atoms with Gasteiger partial charge in [-0.05, 0) is 25.5 Å². The Morgan fingerprint density at radius 3 is 3.00 bits per heavy atom. The van der Waals surface area contributed by atoms with E-state index in [1.165, 1.54) is 24.1 Å². The maximum atomic E-state index is 4.33. The molecule has 0 saturated heterocycles. The number of rotatable bonds is 5. The van der Waals surface area contributed by atoms with Crippen LogP contribution in [0.25, 0.3) is 10.6 Å². The van der Waals surface area contributed by atoms with E-state index >= 15 is 0 Å². The van der Waals surface area contributed by atoms with Crippen molar-refractivity contribution in [1.82, 2.24) is 4.98 Å². The minimum atomic E-state index is 0.520. The van der Waals surface area contributed by atoms with Crippen LogP contribution in [0.4, 0.5) is 5.69 Å². The van der Waals surface area contributed by atoms with Gasteiger partial charge in [-0.15, -0.1) is 11.3 Å². The molecule has 1 aromatic carbocycles. The van der Waals surface area contributed by atoms with Gasteiger partial charge in [0.25, 0.3) is 0 Å². The number of hydrogen-bond donors (Lipinski definition) is 1. The topological polar surface area (TPSA) is 24.9 Å².